The third-order valence-electron chi connectivity index (χ3n) is 3.81. The Morgan fingerprint density at radius 3 is 2.50 bits per heavy atom. The molecule has 3 heteroatoms. The lowest BCUT2D eigenvalue weighted by atomic mass is 9.81. The number of hydrogen-bond acceptors (Lipinski definition) is 2. The molecule has 1 amide bonds. The maximum absolute atomic E-state index is 11.9. The van der Waals surface area contributed by atoms with Gasteiger partial charge in [0.2, 0.25) is 5.91 Å². The highest BCUT2D eigenvalue weighted by Gasteiger charge is 2.34. The van der Waals surface area contributed by atoms with Crippen molar-refractivity contribution in [1.82, 2.24) is 10.6 Å². The van der Waals surface area contributed by atoms with Crippen LogP contribution in [0, 0.1) is 11.8 Å². The van der Waals surface area contributed by atoms with Gasteiger partial charge in [-0.1, -0.05) is 6.92 Å². The number of carbonyl (C=O) groups is 1. The van der Waals surface area contributed by atoms with Crippen LogP contribution in [0.25, 0.3) is 0 Å². The average molecular weight is 196 g/mol. The molecule has 80 valence electrons. The topological polar surface area (TPSA) is 41.1 Å². The zero-order chi connectivity index (χ0) is 10.1. The van der Waals surface area contributed by atoms with Crippen molar-refractivity contribution in [3.8, 4) is 0 Å². The first-order chi connectivity index (χ1) is 6.68. The molecular weight excluding hydrogens is 176 g/mol. The maximum atomic E-state index is 11.9. The molecule has 0 aromatic rings. The van der Waals surface area contributed by atoms with Crippen molar-refractivity contribution in [2.24, 2.45) is 11.8 Å². The van der Waals surface area contributed by atoms with Gasteiger partial charge in [-0.15, -0.1) is 0 Å². The number of hydrogen-bond donors (Lipinski definition) is 2. The molecule has 0 bridgehead atoms. The van der Waals surface area contributed by atoms with Crippen molar-refractivity contribution in [2.75, 3.05) is 6.54 Å². The van der Waals surface area contributed by atoms with Gasteiger partial charge in [0.1, 0.15) is 0 Å². The van der Waals surface area contributed by atoms with E-state index >= 15 is 0 Å². The third kappa shape index (κ3) is 1.78. The summed E-state index contributed by atoms with van der Waals surface area (Å²) in [5, 5.41) is 6.47. The van der Waals surface area contributed by atoms with Gasteiger partial charge in [-0.25, -0.2) is 0 Å². The molecule has 2 N–H and O–H groups in total. The molecule has 1 aliphatic carbocycles. The Balaban J connectivity index is 1.82. The minimum absolute atomic E-state index is 0.197. The fourth-order valence-electron chi connectivity index (χ4n) is 2.39. The van der Waals surface area contributed by atoms with Crippen molar-refractivity contribution in [2.45, 2.75) is 45.2 Å². The lowest BCUT2D eigenvalue weighted by molar-refractivity contribution is -0.126. The molecule has 1 saturated heterocycles. The Morgan fingerprint density at radius 1 is 1.29 bits per heavy atom. The predicted molar refractivity (Wildman–Crippen MR) is 55.9 cm³/mol. The molecule has 0 aromatic heterocycles. The molecule has 4 atom stereocenters. The summed E-state index contributed by atoms with van der Waals surface area (Å²) in [5.41, 5.74) is 0. The van der Waals surface area contributed by atoms with Gasteiger partial charge in [-0.3, -0.25) is 4.79 Å². The molecule has 3 nitrogen and oxygen atoms in total. The summed E-state index contributed by atoms with van der Waals surface area (Å²) in [6, 6.07) is 0.806. The molecule has 1 saturated carbocycles. The second kappa shape index (κ2) is 3.89. The number of rotatable bonds is 2. The number of carbonyl (C=O) groups excluding carboxylic acids is 1. The van der Waals surface area contributed by atoms with Crippen molar-refractivity contribution >= 4 is 5.91 Å². The van der Waals surface area contributed by atoms with Gasteiger partial charge >= 0.3 is 0 Å². The van der Waals surface area contributed by atoms with Crippen LogP contribution in [0.1, 0.15) is 33.1 Å². The van der Waals surface area contributed by atoms with Gasteiger partial charge in [0.05, 0.1) is 5.92 Å². The standard InChI is InChI=1S/C11H20N2O/c1-7-3-4-10(7)13-11(14)9-5-6-12-8(9)2/h7-10,12H,3-6H2,1-2H3,(H,13,14). The first kappa shape index (κ1) is 9.97. The smallest absolute Gasteiger partial charge is 0.224 e. The molecule has 0 spiro atoms. The van der Waals surface area contributed by atoms with Crippen LogP contribution >= 0.6 is 0 Å². The second-order valence-corrected chi connectivity index (χ2v) is 4.81. The number of amides is 1. The Labute approximate surface area is 85.6 Å². The van der Waals surface area contributed by atoms with E-state index in [2.05, 4.69) is 24.5 Å². The third-order valence-corrected chi connectivity index (χ3v) is 3.81. The Bertz CT molecular complexity index is 229. The lowest BCUT2D eigenvalue weighted by Gasteiger charge is -2.35. The summed E-state index contributed by atoms with van der Waals surface area (Å²) < 4.78 is 0. The van der Waals surface area contributed by atoms with Crippen molar-refractivity contribution in [3.05, 3.63) is 0 Å². The van der Waals surface area contributed by atoms with E-state index < -0.39 is 0 Å². The average Bonchev–Trinajstić information content (AvgIpc) is 2.58. The van der Waals surface area contributed by atoms with Crippen molar-refractivity contribution in [1.29, 1.82) is 0 Å². The molecule has 14 heavy (non-hydrogen) atoms. The molecule has 0 radical (unpaired) electrons. The Kier molecular flexibility index (Phi) is 2.77. The van der Waals surface area contributed by atoms with E-state index in [9.17, 15) is 4.79 Å². The van der Waals surface area contributed by atoms with Gasteiger partial charge in [0.25, 0.3) is 0 Å². The van der Waals surface area contributed by atoms with Crippen LogP contribution in [0.3, 0.4) is 0 Å². The summed E-state index contributed by atoms with van der Waals surface area (Å²) in [7, 11) is 0. The maximum Gasteiger partial charge on any atom is 0.224 e. The van der Waals surface area contributed by atoms with Crippen molar-refractivity contribution < 1.29 is 4.79 Å². The predicted octanol–water partition coefficient (Wildman–Crippen LogP) is 0.899. The first-order valence-electron chi connectivity index (χ1n) is 5.72. The zero-order valence-corrected chi connectivity index (χ0v) is 9.05. The summed E-state index contributed by atoms with van der Waals surface area (Å²) in [6.45, 7) is 5.30. The van der Waals surface area contributed by atoms with Crippen LogP contribution in [0.4, 0.5) is 0 Å². The van der Waals surface area contributed by atoms with E-state index in [1.165, 1.54) is 12.8 Å². The van der Waals surface area contributed by atoms with E-state index in [0.717, 1.165) is 13.0 Å². The van der Waals surface area contributed by atoms with E-state index in [0.29, 0.717) is 18.0 Å². The minimum Gasteiger partial charge on any atom is -0.353 e. The van der Waals surface area contributed by atoms with E-state index in [-0.39, 0.29) is 11.8 Å². The minimum atomic E-state index is 0.197. The van der Waals surface area contributed by atoms with Crippen LogP contribution in [0.2, 0.25) is 0 Å². The monoisotopic (exact) mass is 196 g/mol. The molecule has 4 unspecified atom stereocenters. The van der Waals surface area contributed by atoms with Crippen LogP contribution in [-0.2, 0) is 4.79 Å². The fraction of sp³-hybridized carbons (Fsp3) is 0.909. The normalized spacial score (nSPS) is 41.9. The molecular formula is C11H20N2O. The highest BCUT2D eigenvalue weighted by Crippen LogP contribution is 2.27. The van der Waals surface area contributed by atoms with E-state index in [1.54, 1.807) is 0 Å². The Morgan fingerprint density at radius 2 is 2.07 bits per heavy atom. The molecule has 1 aliphatic heterocycles. The van der Waals surface area contributed by atoms with Crippen LogP contribution in [0.15, 0.2) is 0 Å². The molecule has 0 aromatic carbocycles. The highest BCUT2D eigenvalue weighted by molar-refractivity contribution is 5.80. The summed E-state index contributed by atoms with van der Waals surface area (Å²) in [4.78, 5) is 11.9. The van der Waals surface area contributed by atoms with Gasteiger partial charge < -0.3 is 10.6 Å². The summed E-state index contributed by atoms with van der Waals surface area (Å²) in [6.07, 6.45) is 3.43. The zero-order valence-electron chi connectivity index (χ0n) is 9.05. The van der Waals surface area contributed by atoms with Crippen molar-refractivity contribution in [3.63, 3.8) is 0 Å². The van der Waals surface area contributed by atoms with Gasteiger partial charge in [-0.2, -0.15) is 0 Å². The molecule has 1 heterocycles. The first-order valence-corrected chi connectivity index (χ1v) is 5.72. The highest BCUT2D eigenvalue weighted by atomic mass is 16.2. The largest absolute Gasteiger partial charge is 0.353 e. The van der Waals surface area contributed by atoms with Crippen LogP contribution in [0.5, 0.6) is 0 Å². The fourth-order valence-corrected chi connectivity index (χ4v) is 2.39. The second-order valence-electron chi connectivity index (χ2n) is 4.81. The van der Waals surface area contributed by atoms with E-state index in [4.69, 9.17) is 0 Å². The molecule has 2 rings (SSSR count). The Hall–Kier alpha value is -0.570. The van der Waals surface area contributed by atoms with Crippen LogP contribution < -0.4 is 10.6 Å². The van der Waals surface area contributed by atoms with Gasteiger partial charge in [0.15, 0.2) is 0 Å². The van der Waals surface area contributed by atoms with Gasteiger partial charge in [-0.05, 0) is 38.6 Å². The summed E-state index contributed by atoms with van der Waals surface area (Å²) in [5.74, 6) is 1.14. The molecule has 2 fully saturated rings. The van der Waals surface area contributed by atoms with Crippen LogP contribution in [-0.4, -0.2) is 24.5 Å². The lowest BCUT2D eigenvalue weighted by Crippen LogP contribution is -2.49. The number of nitrogens with one attached hydrogen (secondary N) is 2. The summed E-state index contributed by atoms with van der Waals surface area (Å²) >= 11 is 0. The molecule has 2 aliphatic rings. The van der Waals surface area contributed by atoms with Gasteiger partial charge in [0, 0.05) is 12.1 Å². The SMILES string of the molecule is CC1CCC1NC(=O)C1CCNC1C. The quantitative estimate of drug-likeness (QED) is 0.689. The van der Waals surface area contributed by atoms with E-state index in [1.807, 2.05) is 0 Å².